The van der Waals surface area contributed by atoms with Gasteiger partial charge in [0.2, 0.25) is 23.6 Å². The lowest BCUT2D eigenvalue weighted by Gasteiger charge is -2.34. The summed E-state index contributed by atoms with van der Waals surface area (Å²) in [4.78, 5) is 53.4. The van der Waals surface area contributed by atoms with Gasteiger partial charge in [-0.15, -0.1) is 0 Å². The third kappa shape index (κ3) is 7.34. The van der Waals surface area contributed by atoms with E-state index in [0.717, 1.165) is 29.5 Å². The van der Waals surface area contributed by atoms with Crippen molar-refractivity contribution in [2.24, 2.45) is 0 Å². The molecule has 4 rings (SSSR count). The molecule has 3 atom stereocenters. The minimum atomic E-state index is -1.09. The zero-order chi connectivity index (χ0) is 27.1. The summed E-state index contributed by atoms with van der Waals surface area (Å²) in [6.07, 6.45) is 2.14. The maximum Gasteiger partial charge on any atom is 0.243 e. The van der Waals surface area contributed by atoms with Crippen LogP contribution in [0.5, 0.6) is 5.75 Å². The fraction of sp³-hybridized carbons (Fsp3) is 0.448. The molecule has 0 aliphatic carbocycles. The molecule has 1 fully saturated rings. The van der Waals surface area contributed by atoms with Gasteiger partial charge in [-0.1, -0.05) is 36.4 Å². The zero-order valence-electron chi connectivity index (χ0n) is 22.0. The van der Waals surface area contributed by atoms with Crippen LogP contribution < -0.4 is 20.7 Å². The van der Waals surface area contributed by atoms with E-state index in [9.17, 15) is 19.2 Å². The Kier molecular flexibility index (Phi) is 8.99. The highest BCUT2D eigenvalue weighted by molar-refractivity contribution is 5.94. The molecule has 9 nitrogen and oxygen atoms in total. The van der Waals surface area contributed by atoms with E-state index in [1.165, 1.54) is 6.92 Å². The zero-order valence-corrected chi connectivity index (χ0v) is 22.0. The van der Waals surface area contributed by atoms with Crippen LogP contribution in [-0.4, -0.2) is 59.8 Å². The van der Waals surface area contributed by atoms with E-state index in [-0.39, 0.29) is 30.9 Å². The highest BCUT2D eigenvalue weighted by Crippen LogP contribution is 2.23. The van der Waals surface area contributed by atoms with Crippen LogP contribution in [0.15, 0.2) is 48.5 Å². The first kappa shape index (κ1) is 27.2. The van der Waals surface area contributed by atoms with Crippen molar-refractivity contribution in [1.82, 2.24) is 20.9 Å². The van der Waals surface area contributed by atoms with Gasteiger partial charge in [0.05, 0.1) is 13.0 Å². The van der Waals surface area contributed by atoms with Gasteiger partial charge >= 0.3 is 0 Å². The molecule has 2 heterocycles. The van der Waals surface area contributed by atoms with Crippen molar-refractivity contribution in [3.05, 3.63) is 65.2 Å². The lowest BCUT2D eigenvalue weighted by molar-refractivity contribution is -0.138. The molecule has 0 saturated carbocycles. The number of rotatable bonds is 4. The van der Waals surface area contributed by atoms with E-state index in [4.69, 9.17) is 4.74 Å². The highest BCUT2D eigenvalue weighted by atomic mass is 16.5. The molecule has 2 aromatic rings. The number of benzene rings is 2. The fourth-order valence-electron chi connectivity index (χ4n) is 4.93. The maximum atomic E-state index is 13.3. The molecule has 1 saturated heterocycles. The minimum absolute atomic E-state index is 0.179. The molecular formula is C29H36N4O5. The number of piperidine rings is 1. The van der Waals surface area contributed by atoms with Gasteiger partial charge in [-0.05, 0) is 61.4 Å². The molecule has 9 heteroatoms. The van der Waals surface area contributed by atoms with Crippen molar-refractivity contribution in [1.29, 1.82) is 0 Å². The van der Waals surface area contributed by atoms with Crippen molar-refractivity contribution in [2.75, 3.05) is 13.1 Å². The number of nitrogens with one attached hydrogen (secondary N) is 3. The minimum Gasteiger partial charge on any atom is -0.489 e. The average molecular weight is 521 g/mol. The van der Waals surface area contributed by atoms with Crippen LogP contribution in [-0.2, 0) is 32.1 Å². The predicted octanol–water partition coefficient (Wildman–Crippen LogP) is 2.01. The largest absolute Gasteiger partial charge is 0.489 e. The molecule has 2 aliphatic heterocycles. The lowest BCUT2D eigenvalue weighted by atomic mass is 10.0. The summed E-state index contributed by atoms with van der Waals surface area (Å²) in [5.41, 5.74) is 2.96. The molecule has 0 spiro atoms. The van der Waals surface area contributed by atoms with Crippen molar-refractivity contribution in [2.45, 2.75) is 70.7 Å². The highest BCUT2D eigenvalue weighted by Gasteiger charge is 2.32. The van der Waals surface area contributed by atoms with Crippen molar-refractivity contribution in [3.63, 3.8) is 0 Å². The van der Waals surface area contributed by atoms with Crippen LogP contribution in [0.3, 0.4) is 0 Å². The lowest BCUT2D eigenvalue weighted by Crippen LogP contribution is -2.55. The summed E-state index contributed by atoms with van der Waals surface area (Å²) >= 11 is 0. The van der Waals surface area contributed by atoms with Crippen molar-refractivity contribution >= 4 is 23.6 Å². The molecule has 0 aromatic heterocycles. The number of carbonyl (C=O) groups excluding carboxylic acids is 4. The second-order valence-electron chi connectivity index (χ2n) is 10.1. The number of nitrogens with zero attached hydrogens (tertiary/aromatic N) is 1. The monoisotopic (exact) mass is 520 g/mol. The third-order valence-corrected chi connectivity index (χ3v) is 7.08. The number of carbonyl (C=O) groups is 4. The van der Waals surface area contributed by atoms with Crippen LogP contribution in [0.25, 0.3) is 0 Å². The standard InChI is InChI=1S/C29H36N4O5/c1-19-10-12-23-15-22(19)17-30-28(36)25(13-11-21-7-4-3-5-8-21)32-29(37)26(31-20(2)34)16-27(35)33-14-6-9-24(18-33)38-23/h3-5,7-8,10,12,15,24-26H,6,9,11,13-14,16-18H2,1-2H3,(H,30,36)(H,31,34)(H,32,37)/t24?,25-,26-/m0/s1. The Labute approximate surface area is 223 Å². The normalized spacial score (nSPS) is 22.6. The second-order valence-corrected chi connectivity index (χ2v) is 10.1. The fourth-order valence-corrected chi connectivity index (χ4v) is 4.93. The maximum absolute atomic E-state index is 13.3. The number of amides is 4. The van der Waals surface area contributed by atoms with Crippen molar-refractivity contribution < 1.29 is 23.9 Å². The van der Waals surface area contributed by atoms with Gasteiger partial charge in [-0.3, -0.25) is 19.2 Å². The molecule has 4 amide bonds. The van der Waals surface area contributed by atoms with Crippen LogP contribution in [0.4, 0.5) is 0 Å². The van der Waals surface area contributed by atoms with Crippen LogP contribution in [0.1, 0.15) is 49.3 Å². The summed E-state index contributed by atoms with van der Waals surface area (Å²) in [7, 11) is 0. The Balaban J connectivity index is 1.61. The molecule has 2 aliphatic rings. The predicted molar refractivity (Wildman–Crippen MR) is 142 cm³/mol. The number of hydrogen-bond donors (Lipinski definition) is 3. The molecular weight excluding hydrogens is 484 g/mol. The van der Waals surface area contributed by atoms with E-state index in [0.29, 0.717) is 31.7 Å². The number of fused-ring (bicyclic) bond motifs is 4. The summed E-state index contributed by atoms with van der Waals surface area (Å²) in [6, 6.07) is 13.6. The van der Waals surface area contributed by atoms with E-state index in [1.54, 1.807) is 4.90 Å². The van der Waals surface area contributed by atoms with E-state index < -0.39 is 23.9 Å². The summed E-state index contributed by atoms with van der Waals surface area (Å²) < 4.78 is 6.22. The van der Waals surface area contributed by atoms with E-state index >= 15 is 0 Å². The summed E-state index contributed by atoms with van der Waals surface area (Å²) in [5, 5.41) is 8.37. The Morgan fingerprint density at radius 3 is 2.66 bits per heavy atom. The Bertz CT molecular complexity index is 1170. The van der Waals surface area contributed by atoms with Gasteiger partial charge in [0, 0.05) is 20.0 Å². The van der Waals surface area contributed by atoms with E-state index in [2.05, 4.69) is 16.0 Å². The van der Waals surface area contributed by atoms with Gasteiger partial charge in [-0.25, -0.2) is 0 Å². The second kappa shape index (κ2) is 12.6. The molecule has 38 heavy (non-hydrogen) atoms. The number of hydrogen-bond acceptors (Lipinski definition) is 5. The SMILES string of the molecule is CC(=O)N[C@H]1CC(=O)N2CCCC(C2)Oc2ccc(C)c(c2)CNC(=O)[C@H](CCc2ccccc2)NC1=O. The first-order valence-corrected chi connectivity index (χ1v) is 13.2. The Morgan fingerprint density at radius 1 is 1.11 bits per heavy atom. The van der Waals surface area contributed by atoms with Gasteiger partial charge in [0.25, 0.3) is 0 Å². The smallest absolute Gasteiger partial charge is 0.243 e. The van der Waals surface area contributed by atoms with Gasteiger partial charge in [-0.2, -0.15) is 0 Å². The van der Waals surface area contributed by atoms with Crippen molar-refractivity contribution in [3.8, 4) is 5.75 Å². The van der Waals surface area contributed by atoms with Crippen LogP contribution in [0.2, 0.25) is 0 Å². The third-order valence-electron chi connectivity index (χ3n) is 7.08. The molecule has 202 valence electrons. The topological polar surface area (TPSA) is 117 Å². The Morgan fingerprint density at radius 2 is 1.89 bits per heavy atom. The number of ether oxygens (including phenoxy) is 1. The van der Waals surface area contributed by atoms with E-state index in [1.807, 2.05) is 55.5 Å². The van der Waals surface area contributed by atoms with Crippen LogP contribution in [0, 0.1) is 6.92 Å². The molecule has 2 aromatic carbocycles. The first-order chi connectivity index (χ1) is 18.3. The number of aryl methyl sites for hydroxylation is 2. The average Bonchev–Trinajstić information content (AvgIpc) is 2.90. The Hall–Kier alpha value is -3.88. The first-order valence-electron chi connectivity index (χ1n) is 13.2. The summed E-state index contributed by atoms with van der Waals surface area (Å²) in [5.74, 6) is -0.866. The summed E-state index contributed by atoms with van der Waals surface area (Å²) in [6.45, 7) is 4.53. The van der Waals surface area contributed by atoms with Gasteiger partial charge < -0.3 is 25.6 Å². The molecule has 3 N–H and O–H groups in total. The molecule has 0 radical (unpaired) electrons. The van der Waals surface area contributed by atoms with Crippen LogP contribution >= 0.6 is 0 Å². The quantitative estimate of drug-likeness (QED) is 0.570. The van der Waals surface area contributed by atoms with Gasteiger partial charge in [0.15, 0.2) is 0 Å². The molecule has 4 bridgehead atoms. The van der Waals surface area contributed by atoms with Gasteiger partial charge in [0.1, 0.15) is 23.9 Å². The molecule has 1 unspecified atom stereocenters.